The number of amides is 3. The Kier molecular flexibility index (Phi) is 3.35. The van der Waals surface area contributed by atoms with Crippen LogP contribution in [0.3, 0.4) is 0 Å². The Morgan fingerprint density at radius 2 is 1.67 bits per heavy atom. The quantitative estimate of drug-likeness (QED) is 0.797. The highest BCUT2D eigenvalue weighted by Gasteiger charge is 2.39. The lowest BCUT2D eigenvalue weighted by Crippen LogP contribution is -2.33. The molecule has 1 aliphatic heterocycles. The predicted octanol–water partition coefficient (Wildman–Crippen LogP) is 3.45. The van der Waals surface area contributed by atoms with Crippen molar-refractivity contribution in [2.24, 2.45) is 0 Å². The number of nitrogens with zero attached hydrogens (tertiary/aromatic N) is 2. The minimum absolute atomic E-state index is 0.0380. The van der Waals surface area contributed by atoms with Crippen molar-refractivity contribution in [2.45, 2.75) is 0 Å². The molecule has 4 nitrogen and oxygen atoms in total. The van der Waals surface area contributed by atoms with E-state index in [9.17, 15) is 14.0 Å². The van der Waals surface area contributed by atoms with Crippen LogP contribution in [0.4, 0.5) is 20.6 Å². The first-order valence-electron chi connectivity index (χ1n) is 6.22. The molecular weight excluding hydrogens is 295 g/mol. The zero-order valence-corrected chi connectivity index (χ0v) is 11.5. The molecule has 0 spiro atoms. The maximum absolute atomic E-state index is 13.8. The summed E-state index contributed by atoms with van der Waals surface area (Å²) in [7, 11) is 0. The van der Waals surface area contributed by atoms with E-state index in [0.717, 1.165) is 4.90 Å². The monoisotopic (exact) mass is 304 g/mol. The predicted molar refractivity (Wildman–Crippen MR) is 78.1 cm³/mol. The lowest BCUT2D eigenvalue weighted by Gasteiger charge is -2.17. The fourth-order valence-corrected chi connectivity index (χ4v) is 2.32. The number of para-hydroxylation sites is 1. The average Bonchev–Trinajstić information content (AvgIpc) is 2.76. The van der Waals surface area contributed by atoms with Gasteiger partial charge in [-0.2, -0.15) is 0 Å². The van der Waals surface area contributed by atoms with Crippen molar-refractivity contribution in [1.29, 1.82) is 0 Å². The number of imide groups is 1. The van der Waals surface area contributed by atoms with Crippen molar-refractivity contribution < 1.29 is 14.0 Å². The first kappa shape index (κ1) is 13.6. The summed E-state index contributed by atoms with van der Waals surface area (Å²) in [6.45, 7) is -0.130. The molecule has 2 aromatic carbocycles. The molecule has 0 unspecified atom stereocenters. The van der Waals surface area contributed by atoms with Crippen LogP contribution in [-0.2, 0) is 4.79 Å². The standard InChI is InChI=1S/C15H10ClFN2O2/c16-10-5-7-11(8-6-10)18-9-14(20)19(15(18)21)13-4-2-1-3-12(13)17/h1-8H,9H2. The van der Waals surface area contributed by atoms with Crippen LogP contribution in [0.15, 0.2) is 48.5 Å². The van der Waals surface area contributed by atoms with E-state index >= 15 is 0 Å². The van der Waals surface area contributed by atoms with Crippen LogP contribution >= 0.6 is 11.6 Å². The number of rotatable bonds is 2. The molecule has 1 saturated heterocycles. The van der Waals surface area contributed by atoms with E-state index in [2.05, 4.69) is 0 Å². The van der Waals surface area contributed by atoms with Crippen molar-refractivity contribution in [2.75, 3.05) is 16.3 Å². The molecule has 0 radical (unpaired) electrons. The van der Waals surface area contributed by atoms with E-state index in [-0.39, 0.29) is 12.2 Å². The van der Waals surface area contributed by atoms with Crippen molar-refractivity contribution in [3.8, 4) is 0 Å². The summed E-state index contributed by atoms with van der Waals surface area (Å²) < 4.78 is 13.8. The van der Waals surface area contributed by atoms with E-state index < -0.39 is 17.8 Å². The van der Waals surface area contributed by atoms with Gasteiger partial charge in [0, 0.05) is 10.7 Å². The first-order valence-corrected chi connectivity index (χ1v) is 6.60. The zero-order valence-electron chi connectivity index (χ0n) is 10.8. The van der Waals surface area contributed by atoms with Gasteiger partial charge in [0.05, 0.1) is 5.69 Å². The highest BCUT2D eigenvalue weighted by Crippen LogP contribution is 2.28. The van der Waals surface area contributed by atoms with Crippen molar-refractivity contribution in [1.82, 2.24) is 0 Å². The van der Waals surface area contributed by atoms with E-state index in [1.165, 1.54) is 23.1 Å². The molecule has 0 aromatic heterocycles. The number of anilines is 2. The summed E-state index contributed by atoms with van der Waals surface area (Å²) in [6, 6.07) is 11.6. The topological polar surface area (TPSA) is 40.6 Å². The number of halogens is 2. The number of carbonyl (C=O) groups excluding carboxylic acids is 2. The van der Waals surface area contributed by atoms with Gasteiger partial charge in [-0.15, -0.1) is 0 Å². The highest BCUT2D eigenvalue weighted by atomic mass is 35.5. The molecule has 0 N–H and O–H groups in total. The molecule has 6 heteroatoms. The SMILES string of the molecule is O=C1CN(c2ccc(Cl)cc2)C(=O)N1c1ccccc1F. The first-order chi connectivity index (χ1) is 10.1. The van der Waals surface area contributed by atoms with Crippen molar-refractivity contribution in [3.05, 3.63) is 59.4 Å². The van der Waals surface area contributed by atoms with Gasteiger partial charge in [0.15, 0.2) is 0 Å². The number of carbonyl (C=O) groups is 2. The third-order valence-corrected chi connectivity index (χ3v) is 3.45. The van der Waals surface area contributed by atoms with Crippen LogP contribution in [0.1, 0.15) is 0 Å². The Bertz CT molecular complexity index is 718. The van der Waals surface area contributed by atoms with Gasteiger partial charge in [-0.3, -0.25) is 9.69 Å². The molecule has 1 heterocycles. The van der Waals surface area contributed by atoms with Crippen LogP contribution in [0.5, 0.6) is 0 Å². The van der Waals surface area contributed by atoms with Crippen LogP contribution < -0.4 is 9.80 Å². The smallest absolute Gasteiger partial charge is 0.284 e. The van der Waals surface area contributed by atoms with Crippen LogP contribution in [0, 0.1) is 5.82 Å². The molecule has 1 fully saturated rings. The van der Waals surface area contributed by atoms with Crippen LogP contribution in [0.25, 0.3) is 0 Å². The van der Waals surface area contributed by atoms with Gasteiger partial charge in [0.25, 0.3) is 5.91 Å². The Hall–Kier alpha value is -2.40. The summed E-state index contributed by atoms with van der Waals surface area (Å²) in [5.41, 5.74) is 0.501. The molecule has 2 aromatic rings. The Morgan fingerprint density at radius 3 is 2.33 bits per heavy atom. The molecule has 0 saturated carbocycles. The zero-order chi connectivity index (χ0) is 15.0. The average molecular weight is 305 g/mol. The molecule has 0 bridgehead atoms. The van der Waals surface area contributed by atoms with Gasteiger partial charge < -0.3 is 0 Å². The minimum atomic E-state index is -0.614. The molecular formula is C15H10ClFN2O2. The fraction of sp³-hybridized carbons (Fsp3) is 0.0667. The maximum Gasteiger partial charge on any atom is 0.336 e. The molecule has 3 rings (SSSR count). The van der Waals surface area contributed by atoms with Gasteiger partial charge in [-0.05, 0) is 36.4 Å². The number of benzene rings is 2. The summed E-state index contributed by atoms with van der Waals surface area (Å²) in [6.07, 6.45) is 0. The summed E-state index contributed by atoms with van der Waals surface area (Å²) in [4.78, 5) is 26.6. The van der Waals surface area contributed by atoms with Gasteiger partial charge in [0.1, 0.15) is 12.4 Å². The number of hydrogen-bond acceptors (Lipinski definition) is 2. The molecule has 106 valence electrons. The van der Waals surface area contributed by atoms with Crippen molar-refractivity contribution in [3.63, 3.8) is 0 Å². The third-order valence-electron chi connectivity index (χ3n) is 3.20. The molecule has 3 amide bonds. The Labute approximate surface area is 125 Å². The van der Waals surface area contributed by atoms with E-state index in [4.69, 9.17) is 11.6 Å². The molecule has 0 atom stereocenters. The second-order valence-electron chi connectivity index (χ2n) is 4.53. The minimum Gasteiger partial charge on any atom is -0.284 e. The fourth-order valence-electron chi connectivity index (χ4n) is 2.19. The van der Waals surface area contributed by atoms with Gasteiger partial charge in [-0.25, -0.2) is 14.1 Å². The van der Waals surface area contributed by atoms with Gasteiger partial charge >= 0.3 is 6.03 Å². The van der Waals surface area contributed by atoms with Gasteiger partial charge in [0.2, 0.25) is 0 Å². The van der Waals surface area contributed by atoms with Gasteiger partial charge in [-0.1, -0.05) is 23.7 Å². The maximum atomic E-state index is 13.8. The lowest BCUT2D eigenvalue weighted by molar-refractivity contribution is -0.115. The van der Waals surface area contributed by atoms with E-state index in [1.54, 1.807) is 30.3 Å². The lowest BCUT2D eigenvalue weighted by atomic mass is 10.3. The second kappa shape index (κ2) is 5.18. The number of hydrogen-bond donors (Lipinski definition) is 0. The summed E-state index contributed by atoms with van der Waals surface area (Å²) in [5, 5.41) is 0.530. The Morgan fingerprint density at radius 1 is 1.00 bits per heavy atom. The number of urea groups is 1. The largest absolute Gasteiger partial charge is 0.336 e. The van der Waals surface area contributed by atoms with E-state index in [0.29, 0.717) is 10.7 Å². The third kappa shape index (κ3) is 2.36. The van der Waals surface area contributed by atoms with Crippen molar-refractivity contribution >= 4 is 34.9 Å². The normalized spacial score (nSPS) is 15.0. The van der Waals surface area contributed by atoms with E-state index in [1.807, 2.05) is 0 Å². The molecule has 0 aliphatic carbocycles. The second-order valence-corrected chi connectivity index (χ2v) is 4.96. The summed E-state index contributed by atoms with van der Waals surface area (Å²) in [5.74, 6) is -1.09. The van der Waals surface area contributed by atoms with Crippen LogP contribution in [0.2, 0.25) is 5.02 Å². The summed E-state index contributed by atoms with van der Waals surface area (Å²) >= 11 is 5.80. The molecule has 21 heavy (non-hydrogen) atoms. The Balaban J connectivity index is 1.96. The highest BCUT2D eigenvalue weighted by molar-refractivity contribution is 6.31. The van der Waals surface area contributed by atoms with Crippen LogP contribution in [-0.4, -0.2) is 18.5 Å². The molecule has 1 aliphatic rings.